The summed E-state index contributed by atoms with van der Waals surface area (Å²) in [6.45, 7) is 6.31. The second-order valence-corrected chi connectivity index (χ2v) is 7.20. The number of amides is 1. The summed E-state index contributed by atoms with van der Waals surface area (Å²) in [5.74, 6) is -0.0440. The number of ether oxygens (including phenoxy) is 1. The van der Waals surface area contributed by atoms with E-state index in [1.165, 1.54) is 58.5 Å². The zero-order chi connectivity index (χ0) is 18.2. The van der Waals surface area contributed by atoms with Gasteiger partial charge < -0.3 is 10.1 Å². The first-order valence-corrected chi connectivity index (χ1v) is 9.88. The van der Waals surface area contributed by atoms with E-state index in [1.54, 1.807) is 0 Å². The van der Waals surface area contributed by atoms with Gasteiger partial charge in [-0.3, -0.25) is 4.79 Å². The van der Waals surface area contributed by atoms with Crippen LogP contribution in [0.5, 0.6) is 0 Å². The Morgan fingerprint density at radius 3 is 1.83 bits per heavy atom. The lowest BCUT2D eigenvalue weighted by molar-refractivity contribution is -0.145. The first kappa shape index (κ1) is 22.9. The smallest absolute Gasteiger partial charge is 0.328 e. The molecule has 4 heteroatoms. The number of esters is 1. The van der Waals surface area contributed by atoms with Crippen LogP contribution in [0.3, 0.4) is 0 Å². The van der Waals surface area contributed by atoms with Crippen molar-refractivity contribution in [3.63, 3.8) is 0 Å². The third kappa shape index (κ3) is 13.4. The highest BCUT2D eigenvalue weighted by atomic mass is 16.5. The molecule has 1 amide bonds. The lowest BCUT2D eigenvalue weighted by Crippen LogP contribution is -2.42. The van der Waals surface area contributed by atoms with Crippen molar-refractivity contribution in [2.45, 2.75) is 104 Å². The molecule has 0 fully saturated rings. The molecule has 0 heterocycles. The summed E-state index contributed by atoms with van der Waals surface area (Å²) in [4.78, 5) is 23.7. The van der Waals surface area contributed by atoms with Crippen LogP contribution in [0, 0.1) is 5.92 Å². The number of nitrogens with one attached hydrogen (secondary N) is 1. The van der Waals surface area contributed by atoms with Crippen LogP contribution >= 0.6 is 0 Å². The van der Waals surface area contributed by atoms with Crippen LogP contribution in [-0.4, -0.2) is 25.0 Å². The standard InChI is InChI=1S/C20H39NO3/c1-5-6-7-8-9-10-11-12-13-14-15-19(22)21-18(16-17(2)3)20(23)24-4/h17-18H,5-16H2,1-4H3,(H,21,22). The van der Waals surface area contributed by atoms with E-state index in [-0.39, 0.29) is 11.9 Å². The van der Waals surface area contributed by atoms with Gasteiger partial charge in [-0.2, -0.15) is 0 Å². The minimum atomic E-state index is -0.509. The first-order valence-electron chi connectivity index (χ1n) is 9.88. The van der Waals surface area contributed by atoms with E-state index in [0.717, 1.165) is 12.8 Å². The second kappa shape index (κ2) is 15.5. The van der Waals surface area contributed by atoms with Crippen LogP contribution in [-0.2, 0) is 14.3 Å². The predicted octanol–water partition coefficient (Wildman–Crippen LogP) is 5.00. The summed E-state index contributed by atoms with van der Waals surface area (Å²) in [5, 5.41) is 2.82. The molecule has 0 aromatic rings. The average Bonchev–Trinajstić information content (AvgIpc) is 2.54. The minimum Gasteiger partial charge on any atom is -0.467 e. The fourth-order valence-corrected chi connectivity index (χ4v) is 2.87. The summed E-state index contributed by atoms with van der Waals surface area (Å²) in [7, 11) is 1.37. The molecule has 0 spiro atoms. The van der Waals surface area contributed by atoms with Crippen LogP contribution in [0.1, 0.15) is 97.8 Å². The molecule has 0 aromatic heterocycles. The largest absolute Gasteiger partial charge is 0.467 e. The van der Waals surface area contributed by atoms with Crippen LogP contribution in [0.4, 0.5) is 0 Å². The molecule has 0 bridgehead atoms. The van der Waals surface area contributed by atoms with Gasteiger partial charge in [0, 0.05) is 6.42 Å². The van der Waals surface area contributed by atoms with Crippen LogP contribution in [0.15, 0.2) is 0 Å². The van der Waals surface area contributed by atoms with Gasteiger partial charge in [0.25, 0.3) is 0 Å². The maximum atomic E-state index is 12.0. The van der Waals surface area contributed by atoms with Gasteiger partial charge in [-0.15, -0.1) is 0 Å². The molecule has 142 valence electrons. The molecular weight excluding hydrogens is 302 g/mol. The fourth-order valence-electron chi connectivity index (χ4n) is 2.87. The number of methoxy groups -OCH3 is 1. The number of unbranched alkanes of at least 4 members (excludes halogenated alkanes) is 9. The van der Waals surface area contributed by atoms with E-state index < -0.39 is 6.04 Å². The van der Waals surface area contributed by atoms with Crippen molar-refractivity contribution in [1.29, 1.82) is 0 Å². The highest BCUT2D eigenvalue weighted by molar-refractivity contribution is 5.84. The van der Waals surface area contributed by atoms with Crippen molar-refractivity contribution in [3.8, 4) is 0 Å². The lowest BCUT2D eigenvalue weighted by atomic mass is 10.0. The van der Waals surface area contributed by atoms with Crippen molar-refractivity contribution in [3.05, 3.63) is 0 Å². The van der Waals surface area contributed by atoms with Crippen molar-refractivity contribution in [2.75, 3.05) is 7.11 Å². The molecule has 1 atom stereocenters. The number of hydrogen-bond acceptors (Lipinski definition) is 3. The number of carbonyl (C=O) groups excluding carboxylic acids is 2. The summed E-state index contributed by atoms with van der Waals surface area (Å²) >= 11 is 0. The molecule has 0 aromatic carbocycles. The number of hydrogen-bond donors (Lipinski definition) is 1. The Morgan fingerprint density at radius 2 is 1.38 bits per heavy atom. The van der Waals surface area contributed by atoms with Crippen molar-refractivity contribution < 1.29 is 14.3 Å². The molecule has 0 aliphatic heterocycles. The van der Waals surface area contributed by atoms with Gasteiger partial charge in [-0.25, -0.2) is 4.79 Å². The molecule has 0 saturated carbocycles. The monoisotopic (exact) mass is 341 g/mol. The minimum absolute atomic E-state index is 0.0365. The molecule has 24 heavy (non-hydrogen) atoms. The molecule has 0 rings (SSSR count). The Morgan fingerprint density at radius 1 is 0.875 bits per heavy atom. The lowest BCUT2D eigenvalue weighted by Gasteiger charge is -2.18. The summed E-state index contributed by atoms with van der Waals surface area (Å²) in [6, 6.07) is -0.509. The Bertz CT molecular complexity index is 329. The van der Waals surface area contributed by atoms with Crippen molar-refractivity contribution >= 4 is 11.9 Å². The molecule has 0 aliphatic carbocycles. The van der Waals surface area contributed by atoms with Gasteiger partial charge in [0.1, 0.15) is 6.04 Å². The quantitative estimate of drug-likeness (QED) is 0.337. The third-order valence-electron chi connectivity index (χ3n) is 4.29. The second-order valence-electron chi connectivity index (χ2n) is 7.20. The Balaban J connectivity index is 3.68. The van der Waals surface area contributed by atoms with E-state index in [1.807, 2.05) is 13.8 Å². The normalized spacial score (nSPS) is 12.2. The maximum absolute atomic E-state index is 12.0. The first-order chi connectivity index (χ1) is 11.5. The van der Waals surface area contributed by atoms with Gasteiger partial charge in [0.15, 0.2) is 0 Å². The predicted molar refractivity (Wildman–Crippen MR) is 99.9 cm³/mol. The highest BCUT2D eigenvalue weighted by Gasteiger charge is 2.22. The number of rotatable bonds is 15. The zero-order valence-corrected chi connectivity index (χ0v) is 16.4. The van der Waals surface area contributed by atoms with E-state index in [2.05, 4.69) is 12.2 Å². The zero-order valence-electron chi connectivity index (χ0n) is 16.4. The van der Waals surface area contributed by atoms with Gasteiger partial charge in [0.2, 0.25) is 5.91 Å². The van der Waals surface area contributed by atoms with E-state index >= 15 is 0 Å². The van der Waals surface area contributed by atoms with Crippen molar-refractivity contribution in [1.82, 2.24) is 5.32 Å². The fraction of sp³-hybridized carbons (Fsp3) is 0.900. The molecule has 4 nitrogen and oxygen atoms in total. The average molecular weight is 342 g/mol. The molecule has 0 saturated heterocycles. The summed E-state index contributed by atoms with van der Waals surface area (Å²) in [5.41, 5.74) is 0. The highest BCUT2D eigenvalue weighted by Crippen LogP contribution is 2.12. The topological polar surface area (TPSA) is 55.4 Å². The van der Waals surface area contributed by atoms with Gasteiger partial charge in [0.05, 0.1) is 7.11 Å². The third-order valence-corrected chi connectivity index (χ3v) is 4.29. The Labute approximate surface area is 149 Å². The summed E-state index contributed by atoms with van der Waals surface area (Å²) in [6.07, 6.45) is 13.6. The Hall–Kier alpha value is -1.06. The van der Waals surface area contributed by atoms with Crippen LogP contribution < -0.4 is 5.32 Å². The molecule has 1 N–H and O–H groups in total. The SMILES string of the molecule is CCCCCCCCCCCCC(=O)NC(CC(C)C)C(=O)OC. The van der Waals surface area contributed by atoms with Gasteiger partial charge in [-0.05, 0) is 18.8 Å². The molecular formula is C20H39NO3. The van der Waals surface area contributed by atoms with Crippen LogP contribution in [0.2, 0.25) is 0 Å². The molecule has 0 radical (unpaired) electrons. The van der Waals surface area contributed by atoms with Crippen molar-refractivity contribution in [2.24, 2.45) is 5.92 Å². The number of carbonyl (C=O) groups is 2. The summed E-state index contributed by atoms with van der Waals surface area (Å²) < 4.78 is 4.77. The van der Waals surface area contributed by atoms with E-state index in [4.69, 9.17) is 4.74 Å². The van der Waals surface area contributed by atoms with E-state index in [0.29, 0.717) is 18.8 Å². The van der Waals surface area contributed by atoms with Gasteiger partial charge in [-0.1, -0.05) is 78.6 Å². The molecule has 1 unspecified atom stereocenters. The van der Waals surface area contributed by atoms with Gasteiger partial charge >= 0.3 is 5.97 Å². The van der Waals surface area contributed by atoms with E-state index in [9.17, 15) is 9.59 Å². The Kier molecular flexibility index (Phi) is 14.8. The maximum Gasteiger partial charge on any atom is 0.328 e. The molecule has 0 aliphatic rings. The van der Waals surface area contributed by atoms with Crippen LogP contribution in [0.25, 0.3) is 0 Å².